The maximum atomic E-state index is 11.2. The first-order valence-electron chi connectivity index (χ1n) is 16.7. The van der Waals surface area contributed by atoms with Gasteiger partial charge in [-0.25, -0.2) is 9.59 Å². The Morgan fingerprint density at radius 3 is 1.37 bits per heavy atom. The summed E-state index contributed by atoms with van der Waals surface area (Å²) in [6, 6.07) is 19.3. The number of aliphatic carboxylic acids is 2. The van der Waals surface area contributed by atoms with Crippen LogP contribution in [0.3, 0.4) is 0 Å². The first kappa shape index (κ1) is 36.5. The number of nitrogens with zero attached hydrogens (tertiary/aromatic N) is 4. The molecule has 52 heavy (non-hydrogen) atoms. The maximum absolute atomic E-state index is 11.2. The number of ether oxygens (including phenoxy) is 4. The normalized spacial score (nSPS) is 16.3. The zero-order valence-electron chi connectivity index (χ0n) is 29.5. The second-order valence-corrected chi connectivity index (χ2v) is 13.4. The van der Waals surface area contributed by atoms with Crippen molar-refractivity contribution < 1.29 is 49.0 Å². The molecule has 14 nitrogen and oxygen atoms in total. The highest BCUT2D eigenvalue weighted by Crippen LogP contribution is 2.33. The number of pyridine rings is 2. The minimum Gasteiger partial charge on any atom is -0.481 e. The number of carboxylic acid groups (broad SMARTS) is 2. The summed E-state index contributed by atoms with van der Waals surface area (Å²) in [5.41, 5.74) is 4.28. The summed E-state index contributed by atoms with van der Waals surface area (Å²) in [6.45, 7) is 5.55. The van der Waals surface area contributed by atoms with Crippen molar-refractivity contribution in [1.82, 2.24) is 19.8 Å². The Bertz CT molecular complexity index is 1830. The van der Waals surface area contributed by atoms with Crippen LogP contribution in [0.4, 0.5) is 0 Å². The summed E-state index contributed by atoms with van der Waals surface area (Å²) in [5, 5.41) is 38.4. The highest BCUT2D eigenvalue weighted by molar-refractivity contribution is 5.79. The molecule has 4 heterocycles. The van der Waals surface area contributed by atoms with Crippen molar-refractivity contribution in [3.05, 3.63) is 94.0 Å². The molecule has 0 bridgehead atoms. The number of β-amino-alcohol motifs (C(OH)–C–C–N with tert-alkyl or cyclic N) is 2. The highest BCUT2D eigenvalue weighted by atomic mass is 16.5. The van der Waals surface area contributed by atoms with Crippen LogP contribution in [-0.2, 0) is 35.9 Å². The zero-order valence-corrected chi connectivity index (χ0v) is 29.5. The molecule has 2 saturated heterocycles. The molecule has 14 heteroatoms. The van der Waals surface area contributed by atoms with Gasteiger partial charge in [-0.15, -0.1) is 0 Å². The van der Waals surface area contributed by atoms with E-state index in [2.05, 4.69) is 35.9 Å². The van der Waals surface area contributed by atoms with Gasteiger partial charge in [-0.3, -0.25) is 9.80 Å². The quantitative estimate of drug-likeness (QED) is 0.141. The van der Waals surface area contributed by atoms with E-state index < -0.39 is 23.1 Å². The lowest BCUT2D eigenvalue weighted by Crippen LogP contribution is -2.65. The Morgan fingerprint density at radius 1 is 0.635 bits per heavy atom. The largest absolute Gasteiger partial charge is 0.481 e. The molecule has 0 aliphatic carbocycles. The predicted molar refractivity (Wildman–Crippen MR) is 187 cm³/mol. The van der Waals surface area contributed by atoms with E-state index >= 15 is 0 Å². The van der Waals surface area contributed by atoms with Gasteiger partial charge in [-0.05, 0) is 59.4 Å². The molecular weight excluding hydrogens is 672 g/mol. The molecule has 0 radical (unpaired) electrons. The first-order chi connectivity index (χ1) is 24.8. The third-order valence-corrected chi connectivity index (χ3v) is 9.67. The van der Waals surface area contributed by atoms with Crippen molar-refractivity contribution in [2.24, 2.45) is 0 Å². The number of aromatic nitrogens is 2. The van der Waals surface area contributed by atoms with Crippen molar-refractivity contribution >= 4 is 11.9 Å². The van der Waals surface area contributed by atoms with Gasteiger partial charge < -0.3 is 39.4 Å². The molecule has 4 N–H and O–H groups in total. The number of aliphatic hydroxyl groups is 2. The molecular formula is C38H42N4O10. The second kappa shape index (κ2) is 14.8. The minimum absolute atomic E-state index is 0.0294. The molecule has 0 amide bonds. The van der Waals surface area contributed by atoms with Gasteiger partial charge in [0, 0.05) is 62.5 Å². The van der Waals surface area contributed by atoms with E-state index in [0.717, 1.165) is 44.5 Å². The van der Waals surface area contributed by atoms with Crippen molar-refractivity contribution in [1.29, 1.82) is 0 Å². The number of hydrogen-bond donors (Lipinski definition) is 4. The number of methoxy groups -OCH3 is 2. The lowest BCUT2D eigenvalue weighted by atomic mass is 9.92. The van der Waals surface area contributed by atoms with Crippen LogP contribution < -0.4 is 18.9 Å². The molecule has 0 saturated carbocycles. The average molecular weight is 715 g/mol. The van der Waals surface area contributed by atoms with E-state index in [4.69, 9.17) is 29.2 Å². The third-order valence-electron chi connectivity index (χ3n) is 9.67. The number of carbonyl (C=O) groups is 2. The van der Waals surface area contributed by atoms with Crippen molar-refractivity contribution in [3.63, 3.8) is 0 Å². The van der Waals surface area contributed by atoms with Crippen molar-refractivity contribution in [3.8, 4) is 34.6 Å². The van der Waals surface area contributed by atoms with E-state index in [-0.39, 0.29) is 39.4 Å². The number of carboxylic acids is 2. The van der Waals surface area contributed by atoms with Gasteiger partial charge in [0.1, 0.15) is 13.2 Å². The van der Waals surface area contributed by atoms with Crippen molar-refractivity contribution in [2.75, 3.05) is 40.4 Å². The van der Waals surface area contributed by atoms with E-state index in [9.17, 15) is 19.8 Å². The molecule has 274 valence electrons. The van der Waals surface area contributed by atoms with Crippen LogP contribution in [0.2, 0.25) is 0 Å². The van der Waals surface area contributed by atoms with Crippen LogP contribution in [0.15, 0.2) is 60.7 Å². The highest BCUT2D eigenvalue weighted by Gasteiger charge is 2.48. The Morgan fingerprint density at radius 2 is 1.02 bits per heavy atom. The molecule has 2 aliphatic rings. The number of likely N-dealkylation sites (tertiary alicyclic amines) is 2. The molecule has 4 aromatic rings. The molecule has 2 fully saturated rings. The average Bonchev–Trinajstić information content (AvgIpc) is 3.10. The van der Waals surface area contributed by atoms with E-state index in [1.807, 2.05) is 46.2 Å². The van der Waals surface area contributed by atoms with Gasteiger partial charge in [0.2, 0.25) is 23.5 Å². The van der Waals surface area contributed by atoms with E-state index in [1.165, 1.54) is 14.2 Å². The van der Waals surface area contributed by atoms with Gasteiger partial charge in [-0.1, -0.05) is 36.4 Å². The third kappa shape index (κ3) is 7.51. The summed E-state index contributed by atoms with van der Waals surface area (Å²) in [5.74, 6) is -0.944. The Labute approximate surface area is 300 Å². The summed E-state index contributed by atoms with van der Waals surface area (Å²) in [7, 11) is 3.03. The molecule has 6 rings (SSSR count). The summed E-state index contributed by atoms with van der Waals surface area (Å²) < 4.78 is 23.2. The standard InChI is InChI=1S/C38H42N4O10/c1-23-27(17-51-31-13-11-25(33(39-31)49-3)15-41-19-37(47,20-41)35(43)44)7-5-9-29(23)30-10-6-8-28(24(30)2)18-52-32-14-12-26(34(40-32)50-4)16-42-21-38(48,22-42)36(45)46/h5-14,47-48H,15-22H2,1-4H3,(H,43,44)(H,45,46). The predicted octanol–water partition coefficient (Wildman–Crippen LogP) is 3.20. The van der Waals surface area contributed by atoms with E-state index in [1.54, 1.807) is 12.1 Å². The molecule has 2 aromatic carbocycles. The molecule has 2 aliphatic heterocycles. The summed E-state index contributed by atoms with van der Waals surface area (Å²) >= 11 is 0. The lowest BCUT2D eigenvalue weighted by molar-refractivity contribution is -0.179. The van der Waals surface area contributed by atoms with Crippen LogP contribution in [0, 0.1) is 13.8 Å². The Hall–Kier alpha value is -5.28. The van der Waals surface area contributed by atoms with Crippen LogP contribution in [0.25, 0.3) is 11.1 Å². The second-order valence-electron chi connectivity index (χ2n) is 13.4. The molecule has 2 aromatic heterocycles. The van der Waals surface area contributed by atoms with Crippen LogP contribution >= 0.6 is 0 Å². The molecule has 0 atom stereocenters. The fraction of sp³-hybridized carbons (Fsp3) is 0.368. The van der Waals surface area contributed by atoms with E-state index in [0.29, 0.717) is 36.6 Å². The molecule has 0 unspecified atom stereocenters. The van der Waals surface area contributed by atoms with Crippen LogP contribution in [-0.4, -0.2) is 104 Å². The first-order valence-corrected chi connectivity index (χ1v) is 16.7. The Balaban J connectivity index is 1.09. The van der Waals surface area contributed by atoms with Gasteiger partial charge >= 0.3 is 11.9 Å². The van der Waals surface area contributed by atoms with Crippen LogP contribution in [0.5, 0.6) is 23.5 Å². The number of hydrogen-bond acceptors (Lipinski definition) is 12. The number of rotatable bonds is 15. The molecule has 0 spiro atoms. The summed E-state index contributed by atoms with van der Waals surface area (Å²) in [4.78, 5) is 35.1. The summed E-state index contributed by atoms with van der Waals surface area (Å²) in [6.07, 6.45) is 0. The van der Waals surface area contributed by atoms with Crippen molar-refractivity contribution in [2.45, 2.75) is 51.4 Å². The van der Waals surface area contributed by atoms with Crippen LogP contribution in [0.1, 0.15) is 33.4 Å². The zero-order chi connectivity index (χ0) is 37.2. The fourth-order valence-corrected chi connectivity index (χ4v) is 6.59. The fourth-order valence-electron chi connectivity index (χ4n) is 6.59. The SMILES string of the molecule is COc1nc(OCc2cccc(-c3cccc(COc4ccc(CN5CC(O)(C(=O)O)C5)c(OC)n4)c3C)c2C)ccc1CN1CC(O)(C(=O)O)C1. The van der Waals surface area contributed by atoms with Gasteiger partial charge in [0.05, 0.1) is 14.2 Å². The van der Waals surface area contributed by atoms with Gasteiger partial charge in [0.15, 0.2) is 11.2 Å². The topological polar surface area (TPSA) is 184 Å². The minimum atomic E-state index is -1.72. The lowest BCUT2D eigenvalue weighted by Gasteiger charge is -2.43. The maximum Gasteiger partial charge on any atom is 0.338 e. The number of benzene rings is 2. The smallest absolute Gasteiger partial charge is 0.338 e. The monoisotopic (exact) mass is 714 g/mol. The Kier molecular flexibility index (Phi) is 10.4. The van der Waals surface area contributed by atoms with Gasteiger partial charge in [0.25, 0.3) is 0 Å². The van der Waals surface area contributed by atoms with Gasteiger partial charge in [-0.2, -0.15) is 9.97 Å².